The highest BCUT2D eigenvalue weighted by atomic mass is 16.5. The highest BCUT2D eigenvalue weighted by molar-refractivity contribution is 5.94. The van der Waals surface area contributed by atoms with E-state index in [1.165, 1.54) is 22.3 Å². The fourth-order valence-corrected chi connectivity index (χ4v) is 3.77. The summed E-state index contributed by atoms with van der Waals surface area (Å²) in [7, 11) is 1.64. The number of hydrogen-bond donors (Lipinski definition) is 1. The van der Waals surface area contributed by atoms with E-state index in [4.69, 9.17) is 9.72 Å². The van der Waals surface area contributed by atoms with Gasteiger partial charge in [0.2, 0.25) is 5.91 Å². The number of fused-ring (bicyclic) bond motifs is 1. The zero-order chi connectivity index (χ0) is 19.2. The van der Waals surface area contributed by atoms with Crippen LogP contribution in [0.1, 0.15) is 18.2 Å². The van der Waals surface area contributed by atoms with Gasteiger partial charge >= 0.3 is 0 Å². The smallest absolute Gasteiger partial charge is 0.234 e. The normalized spacial score (nSPS) is 15.3. The molecule has 146 valence electrons. The van der Waals surface area contributed by atoms with Crippen molar-refractivity contribution in [2.24, 2.45) is 0 Å². The molecule has 27 heavy (non-hydrogen) atoms. The van der Waals surface area contributed by atoms with E-state index < -0.39 is 0 Å². The number of aromatic nitrogens is 1. The number of piperazine rings is 1. The van der Waals surface area contributed by atoms with Gasteiger partial charge in [0.25, 0.3) is 0 Å². The molecule has 2 heterocycles. The second kappa shape index (κ2) is 9.15. The van der Waals surface area contributed by atoms with E-state index >= 15 is 0 Å². The number of carbonyl (C=O) groups is 1. The van der Waals surface area contributed by atoms with Crippen LogP contribution in [0.4, 0.5) is 5.69 Å². The molecule has 1 N–H and O–H groups in total. The lowest BCUT2D eigenvalue weighted by Crippen LogP contribution is -2.50. The molecule has 1 aliphatic heterocycles. The van der Waals surface area contributed by atoms with Crippen molar-refractivity contribution in [2.75, 3.05) is 57.9 Å². The van der Waals surface area contributed by atoms with Crippen LogP contribution in [-0.2, 0) is 16.0 Å². The van der Waals surface area contributed by atoms with Gasteiger partial charge in [0.05, 0.1) is 24.4 Å². The van der Waals surface area contributed by atoms with Crippen LogP contribution in [0.2, 0.25) is 0 Å². The minimum absolute atomic E-state index is 0.0688. The van der Waals surface area contributed by atoms with E-state index in [0.29, 0.717) is 19.7 Å². The van der Waals surface area contributed by atoms with Gasteiger partial charge in [-0.3, -0.25) is 14.7 Å². The molecule has 0 saturated carbocycles. The number of pyridine rings is 1. The van der Waals surface area contributed by atoms with Crippen LogP contribution < -0.4 is 10.2 Å². The Balaban J connectivity index is 1.69. The first-order valence-electron chi connectivity index (χ1n) is 9.75. The lowest BCUT2D eigenvalue weighted by atomic mass is 10.0. The zero-order valence-electron chi connectivity index (χ0n) is 16.6. The largest absolute Gasteiger partial charge is 0.383 e. The van der Waals surface area contributed by atoms with Gasteiger partial charge in [0, 0.05) is 50.9 Å². The van der Waals surface area contributed by atoms with Crippen LogP contribution in [-0.4, -0.2) is 68.8 Å². The number of nitrogens with zero attached hydrogens (tertiary/aromatic N) is 3. The van der Waals surface area contributed by atoms with Crippen molar-refractivity contribution < 1.29 is 9.53 Å². The third-order valence-electron chi connectivity index (χ3n) is 5.22. The fraction of sp³-hybridized carbons (Fsp3) is 0.524. The first-order chi connectivity index (χ1) is 13.1. The third-order valence-corrected chi connectivity index (χ3v) is 5.22. The minimum atomic E-state index is 0.0688. The molecule has 0 radical (unpaired) electrons. The van der Waals surface area contributed by atoms with E-state index in [0.717, 1.165) is 38.1 Å². The summed E-state index contributed by atoms with van der Waals surface area (Å²) in [4.78, 5) is 21.5. The van der Waals surface area contributed by atoms with Crippen LogP contribution in [0.25, 0.3) is 10.9 Å². The number of methoxy groups -OCH3 is 1. The van der Waals surface area contributed by atoms with E-state index in [9.17, 15) is 4.79 Å². The molecule has 0 aliphatic carbocycles. The van der Waals surface area contributed by atoms with Crippen LogP contribution in [0.5, 0.6) is 0 Å². The quantitative estimate of drug-likeness (QED) is 0.756. The van der Waals surface area contributed by atoms with Gasteiger partial charge in [0.15, 0.2) is 0 Å². The summed E-state index contributed by atoms with van der Waals surface area (Å²) in [5.74, 6) is 0.0688. The minimum Gasteiger partial charge on any atom is -0.383 e. The molecule has 0 bridgehead atoms. The van der Waals surface area contributed by atoms with Gasteiger partial charge in [-0.2, -0.15) is 0 Å². The van der Waals surface area contributed by atoms with Gasteiger partial charge in [-0.1, -0.05) is 25.1 Å². The van der Waals surface area contributed by atoms with Crippen molar-refractivity contribution in [1.82, 2.24) is 15.2 Å². The Morgan fingerprint density at radius 1 is 1.22 bits per heavy atom. The first kappa shape index (κ1) is 19.6. The Morgan fingerprint density at radius 2 is 1.96 bits per heavy atom. The Kier molecular flexibility index (Phi) is 6.63. The maximum Gasteiger partial charge on any atom is 0.234 e. The number of anilines is 1. The average Bonchev–Trinajstić information content (AvgIpc) is 2.68. The van der Waals surface area contributed by atoms with Crippen LogP contribution >= 0.6 is 0 Å². The molecule has 1 saturated heterocycles. The predicted octanol–water partition coefficient (Wildman–Crippen LogP) is 1.99. The van der Waals surface area contributed by atoms with Gasteiger partial charge in [0.1, 0.15) is 0 Å². The standard InChI is InChI=1S/C21H30N4O2/c1-4-18-16(2)21(17-7-5-6-8-19(17)23-18)25-12-10-24(11-13-25)15-20(26)22-9-14-27-3/h5-8H,4,9-15H2,1-3H3,(H,22,26). The van der Waals surface area contributed by atoms with E-state index in [1.54, 1.807) is 7.11 Å². The molecular weight excluding hydrogens is 340 g/mol. The third kappa shape index (κ3) is 4.57. The van der Waals surface area contributed by atoms with Gasteiger partial charge in [-0.25, -0.2) is 0 Å². The highest BCUT2D eigenvalue weighted by Gasteiger charge is 2.22. The lowest BCUT2D eigenvalue weighted by molar-refractivity contribution is -0.122. The summed E-state index contributed by atoms with van der Waals surface area (Å²) in [6.07, 6.45) is 0.936. The van der Waals surface area contributed by atoms with Gasteiger partial charge in [-0.05, 0) is 25.0 Å². The number of benzene rings is 1. The summed E-state index contributed by atoms with van der Waals surface area (Å²) >= 11 is 0. The summed E-state index contributed by atoms with van der Waals surface area (Å²) in [5, 5.41) is 4.12. The maximum absolute atomic E-state index is 12.0. The fourth-order valence-electron chi connectivity index (χ4n) is 3.77. The van der Waals surface area contributed by atoms with Gasteiger partial charge in [-0.15, -0.1) is 0 Å². The summed E-state index contributed by atoms with van der Waals surface area (Å²) in [6.45, 7) is 9.52. The van der Waals surface area contributed by atoms with Crippen LogP contribution in [0.3, 0.4) is 0 Å². The van der Waals surface area contributed by atoms with Gasteiger partial charge < -0.3 is 15.0 Å². The Labute approximate surface area is 161 Å². The lowest BCUT2D eigenvalue weighted by Gasteiger charge is -2.37. The average molecular weight is 370 g/mol. The SMILES string of the molecule is CCc1nc2ccccc2c(N2CCN(CC(=O)NCCOC)CC2)c1C. The summed E-state index contributed by atoms with van der Waals surface area (Å²) in [5.41, 5.74) is 4.82. The van der Waals surface area contributed by atoms with Crippen molar-refractivity contribution in [3.8, 4) is 0 Å². The molecule has 6 heteroatoms. The van der Waals surface area contributed by atoms with Crippen LogP contribution in [0.15, 0.2) is 24.3 Å². The Morgan fingerprint density at radius 3 is 2.67 bits per heavy atom. The van der Waals surface area contributed by atoms with Crippen molar-refractivity contribution in [3.05, 3.63) is 35.5 Å². The van der Waals surface area contributed by atoms with Crippen molar-refractivity contribution >= 4 is 22.5 Å². The molecule has 6 nitrogen and oxygen atoms in total. The first-order valence-corrected chi connectivity index (χ1v) is 9.75. The highest BCUT2D eigenvalue weighted by Crippen LogP contribution is 2.32. The number of para-hydroxylation sites is 1. The Hall–Kier alpha value is -2.18. The molecule has 0 spiro atoms. The summed E-state index contributed by atoms with van der Waals surface area (Å²) in [6, 6.07) is 8.39. The molecule has 1 amide bonds. The summed E-state index contributed by atoms with van der Waals surface area (Å²) < 4.78 is 4.97. The molecule has 3 rings (SSSR count). The zero-order valence-corrected chi connectivity index (χ0v) is 16.6. The topological polar surface area (TPSA) is 57.7 Å². The van der Waals surface area contributed by atoms with E-state index in [1.807, 2.05) is 6.07 Å². The predicted molar refractivity (Wildman–Crippen MR) is 109 cm³/mol. The monoisotopic (exact) mass is 370 g/mol. The van der Waals surface area contributed by atoms with Crippen molar-refractivity contribution in [3.63, 3.8) is 0 Å². The van der Waals surface area contributed by atoms with Crippen molar-refractivity contribution in [2.45, 2.75) is 20.3 Å². The second-order valence-electron chi connectivity index (χ2n) is 7.01. The molecule has 1 aromatic heterocycles. The molecule has 1 aliphatic rings. The van der Waals surface area contributed by atoms with E-state index in [2.05, 4.69) is 47.2 Å². The number of amides is 1. The molecule has 0 unspecified atom stereocenters. The Bertz CT molecular complexity index is 785. The second-order valence-corrected chi connectivity index (χ2v) is 7.01. The maximum atomic E-state index is 12.0. The molecule has 2 aromatic rings. The number of nitrogens with one attached hydrogen (secondary N) is 1. The molecular formula is C21H30N4O2. The number of hydrogen-bond acceptors (Lipinski definition) is 5. The number of rotatable bonds is 7. The van der Waals surface area contributed by atoms with Crippen LogP contribution in [0, 0.1) is 6.92 Å². The number of carbonyl (C=O) groups excluding carboxylic acids is 1. The molecule has 0 atom stereocenters. The number of aryl methyl sites for hydroxylation is 1. The van der Waals surface area contributed by atoms with E-state index in [-0.39, 0.29) is 5.91 Å². The van der Waals surface area contributed by atoms with Crippen molar-refractivity contribution in [1.29, 1.82) is 0 Å². The number of ether oxygens (including phenoxy) is 1. The molecule has 1 aromatic carbocycles. The molecule has 1 fully saturated rings.